The maximum atomic E-state index is 5.46. The van der Waals surface area contributed by atoms with Crippen LogP contribution in [-0.2, 0) is 0 Å². The van der Waals surface area contributed by atoms with Gasteiger partial charge in [-0.1, -0.05) is 13.3 Å². The second-order valence-corrected chi connectivity index (χ2v) is 6.50. The largest absolute Gasteiger partial charge is 0.494 e. The fourth-order valence-electron chi connectivity index (χ4n) is 2.50. The molecule has 0 radical (unpaired) electrons. The van der Waals surface area contributed by atoms with E-state index in [2.05, 4.69) is 39.8 Å². The van der Waals surface area contributed by atoms with Crippen molar-refractivity contribution in [2.24, 2.45) is 0 Å². The first-order chi connectivity index (χ1) is 12.5. The zero-order chi connectivity index (χ0) is 18.9. The lowest BCUT2D eigenvalue weighted by Gasteiger charge is -2.16. The Labute approximate surface area is 160 Å². The van der Waals surface area contributed by atoms with E-state index in [1.165, 1.54) is 0 Å². The Morgan fingerprint density at radius 2 is 1.92 bits per heavy atom. The summed E-state index contributed by atoms with van der Waals surface area (Å²) in [6, 6.07) is 9.95. The molecule has 2 aromatic rings. The molecule has 1 aromatic heterocycles. The van der Waals surface area contributed by atoms with Crippen molar-refractivity contribution < 1.29 is 4.74 Å². The number of rotatable bonds is 8. The molecular weight excluding hydrogens is 346 g/mol. The van der Waals surface area contributed by atoms with Crippen LogP contribution in [0, 0.1) is 6.92 Å². The highest BCUT2D eigenvalue weighted by molar-refractivity contribution is 7.80. The Morgan fingerprint density at radius 1 is 1.19 bits per heavy atom. The van der Waals surface area contributed by atoms with E-state index >= 15 is 0 Å². The Bertz CT molecular complexity index is 720. The summed E-state index contributed by atoms with van der Waals surface area (Å²) in [4.78, 5) is 8.89. The number of aryl methyl sites for hydroxylation is 1. The number of anilines is 3. The lowest BCUT2D eigenvalue weighted by atomic mass is 10.2. The van der Waals surface area contributed by atoms with Crippen LogP contribution >= 0.6 is 12.2 Å². The molecule has 0 aliphatic rings. The highest BCUT2D eigenvalue weighted by Crippen LogP contribution is 2.20. The van der Waals surface area contributed by atoms with Crippen LogP contribution in [0.25, 0.3) is 0 Å². The number of aromatic nitrogens is 2. The number of nitrogens with one attached hydrogen (secondary N) is 3. The van der Waals surface area contributed by atoms with E-state index in [4.69, 9.17) is 17.0 Å². The highest BCUT2D eigenvalue weighted by atomic mass is 32.1. The van der Waals surface area contributed by atoms with Crippen molar-refractivity contribution in [2.45, 2.75) is 46.6 Å². The molecule has 2 rings (SSSR count). The second kappa shape index (κ2) is 9.91. The fraction of sp³-hybridized carbons (Fsp3) is 0.421. The predicted molar refractivity (Wildman–Crippen MR) is 111 cm³/mol. The summed E-state index contributed by atoms with van der Waals surface area (Å²) in [7, 11) is 0. The summed E-state index contributed by atoms with van der Waals surface area (Å²) < 4.78 is 5.46. The van der Waals surface area contributed by atoms with Crippen LogP contribution in [0.5, 0.6) is 5.75 Å². The quantitative estimate of drug-likeness (QED) is 0.592. The van der Waals surface area contributed by atoms with Gasteiger partial charge in [0.2, 0.25) is 5.95 Å². The molecule has 0 aliphatic heterocycles. The van der Waals surface area contributed by atoms with Gasteiger partial charge in [0.1, 0.15) is 11.6 Å². The Hall–Kier alpha value is -2.41. The summed E-state index contributed by atoms with van der Waals surface area (Å²) in [5.41, 5.74) is 1.77. The third kappa shape index (κ3) is 6.48. The normalized spacial score (nSPS) is 11.5. The van der Waals surface area contributed by atoms with E-state index in [1.807, 2.05) is 44.2 Å². The van der Waals surface area contributed by atoms with Gasteiger partial charge >= 0.3 is 0 Å². The van der Waals surface area contributed by atoms with Crippen LogP contribution in [0.3, 0.4) is 0 Å². The van der Waals surface area contributed by atoms with Gasteiger partial charge in [-0.25, -0.2) is 4.98 Å². The van der Waals surface area contributed by atoms with Crippen LogP contribution in [0.1, 0.15) is 39.3 Å². The van der Waals surface area contributed by atoms with E-state index in [9.17, 15) is 0 Å². The molecule has 0 aliphatic carbocycles. The van der Waals surface area contributed by atoms with Crippen LogP contribution in [0.2, 0.25) is 0 Å². The molecule has 7 heteroatoms. The monoisotopic (exact) mass is 373 g/mol. The van der Waals surface area contributed by atoms with Crippen molar-refractivity contribution in [1.29, 1.82) is 0 Å². The Morgan fingerprint density at radius 3 is 2.58 bits per heavy atom. The molecule has 140 valence electrons. The van der Waals surface area contributed by atoms with E-state index in [0.717, 1.165) is 30.0 Å². The molecule has 26 heavy (non-hydrogen) atoms. The molecule has 6 nitrogen and oxygen atoms in total. The number of ether oxygens (including phenoxy) is 1. The van der Waals surface area contributed by atoms with E-state index in [1.54, 1.807) is 0 Å². The third-order valence-electron chi connectivity index (χ3n) is 3.62. The van der Waals surface area contributed by atoms with Gasteiger partial charge in [-0.05, 0) is 63.7 Å². The molecule has 1 aromatic carbocycles. The molecule has 1 atom stereocenters. The van der Waals surface area contributed by atoms with E-state index < -0.39 is 0 Å². The molecule has 0 saturated heterocycles. The number of benzene rings is 1. The molecular formula is C19H27N5OS. The average Bonchev–Trinajstić information content (AvgIpc) is 2.56. The second-order valence-electron chi connectivity index (χ2n) is 6.09. The minimum Gasteiger partial charge on any atom is -0.494 e. The first-order valence-electron chi connectivity index (χ1n) is 8.93. The minimum atomic E-state index is 0.311. The van der Waals surface area contributed by atoms with Crippen molar-refractivity contribution >= 4 is 34.8 Å². The van der Waals surface area contributed by atoms with Crippen molar-refractivity contribution in [1.82, 2.24) is 15.3 Å². The van der Waals surface area contributed by atoms with Gasteiger partial charge in [-0.2, -0.15) is 4.98 Å². The molecule has 0 saturated carbocycles. The van der Waals surface area contributed by atoms with E-state index in [0.29, 0.717) is 29.5 Å². The average molecular weight is 374 g/mol. The first kappa shape index (κ1) is 19.9. The van der Waals surface area contributed by atoms with Gasteiger partial charge in [0, 0.05) is 23.5 Å². The predicted octanol–water partition coefficient (Wildman–Crippen LogP) is 4.40. The maximum Gasteiger partial charge on any atom is 0.231 e. The van der Waals surface area contributed by atoms with Gasteiger partial charge in [0.25, 0.3) is 0 Å². The molecule has 3 N–H and O–H groups in total. The number of thiocarbonyl (C=S) groups is 1. The zero-order valence-electron chi connectivity index (χ0n) is 15.8. The molecule has 0 unspecified atom stereocenters. The molecule has 0 spiro atoms. The Balaban J connectivity index is 2.03. The standard InChI is InChI=1S/C19H27N5OS/c1-5-7-13(3)21-19(26)24-18-20-14(4)12-17(23-18)22-15-8-10-16(11-9-15)25-6-2/h8-13H,5-7H2,1-4H3,(H3,20,21,22,23,24,26)/t13-/m0/s1. The summed E-state index contributed by atoms with van der Waals surface area (Å²) >= 11 is 5.35. The van der Waals surface area contributed by atoms with Crippen molar-refractivity contribution in [3.8, 4) is 5.75 Å². The summed E-state index contributed by atoms with van der Waals surface area (Å²) in [5, 5.41) is 10.1. The van der Waals surface area contributed by atoms with Crippen LogP contribution in [0.15, 0.2) is 30.3 Å². The van der Waals surface area contributed by atoms with Gasteiger partial charge < -0.3 is 20.7 Å². The van der Waals surface area contributed by atoms with Crippen molar-refractivity contribution in [2.75, 3.05) is 17.2 Å². The maximum absolute atomic E-state index is 5.46. The van der Waals surface area contributed by atoms with E-state index in [-0.39, 0.29) is 0 Å². The summed E-state index contributed by atoms with van der Waals surface area (Å²) in [5.74, 6) is 2.02. The van der Waals surface area contributed by atoms with Gasteiger partial charge in [0.15, 0.2) is 5.11 Å². The SMILES string of the molecule is CCC[C@H](C)NC(=S)Nc1nc(C)cc(Nc2ccc(OCC)cc2)n1. The van der Waals surface area contributed by atoms with Crippen molar-refractivity contribution in [3.63, 3.8) is 0 Å². The third-order valence-corrected chi connectivity index (χ3v) is 3.84. The summed E-state index contributed by atoms with van der Waals surface area (Å²) in [6.45, 7) is 8.79. The highest BCUT2D eigenvalue weighted by Gasteiger charge is 2.07. The summed E-state index contributed by atoms with van der Waals surface area (Å²) in [6.07, 6.45) is 2.16. The van der Waals surface area contributed by atoms with Gasteiger partial charge in [-0.3, -0.25) is 0 Å². The number of hydrogen-bond acceptors (Lipinski definition) is 5. The van der Waals surface area contributed by atoms with Crippen LogP contribution in [-0.4, -0.2) is 27.7 Å². The Kier molecular flexibility index (Phi) is 7.59. The molecule has 1 heterocycles. The molecule has 0 amide bonds. The minimum absolute atomic E-state index is 0.311. The topological polar surface area (TPSA) is 71.1 Å². The fourth-order valence-corrected chi connectivity index (χ4v) is 2.80. The smallest absolute Gasteiger partial charge is 0.231 e. The first-order valence-corrected chi connectivity index (χ1v) is 9.34. The lowest BCUT2D eigenvalue weighted by Crippen LogP contribution is -2.36. The van der Waals surface area contributed by atoms with Gasteiger partial charge in [0.05, 0.1) is 6.61 Å². The lowest BCUT2D eigenvalue weighted by molar-refractivity contribution is 0.340. The van der Waals surface area contributed by atoms with Crippen LogP contribution < -0.4 is 20.7 Å². The zero-order valence-corrected chi connectivity index (χ0v) is 16.6. The number of nitrogens with zero attached hydrogens (tertiary/aromatic N) is 2. The van der Waals surface area contributed by atoms with Gasteiger partial charge in [-0.15, -0.1) is 0 Å². The molecule has 0 fully saturated rings. The van der Waals surface area contributed by atoms with Crippen LogP contribution in [0.4, 0.5) is 17.5 Å². The number of hydrogen-bond donors (Lipinski definition) is 3. The van der Waals surface area contributed by atoms with Crippen molar-refractivity contribution in [3.05, 3.63) is 36.0 Å². The molecule has 0 bridgehead atoms.